The molecule has 140 valence electrons. The van der Waals surface area contributed by atoms with Gasteiger partial charge in [0.25, 0.3) is 10.2 Å². The molecule has 0 saturated carbocycles. The number of nitrogens with one attached hydrogen (secondary N) is 1. The van der Waals surface area contributed by atoms with E-state index in [1.165, 1.54) is 11.4 Å². The molecule has 25 heavy (non-hydrogen) atoms. The first-order valence-corrected chi connectivity index (χ1v) is 10.2. The minimum Gasteiger partial charge on any atom is -0.469 e. The molecule has 3 atom stereocenters. The van der Waals surface area contributed by atoms with Crippen molar-refractivity contribution >= 4 is 32.1 Å². The molecule has 9 heteroatoms. The van der Waals surface area contributed by atoms with Crippen LogP contribution in [0.1, 0.15) is 31.9 Å². The lowest BCUT2D eigenvalue weighted by molar-refractivity contribution is -0.141. The first kappa shape index (κ1) is 20.3. The van der Waals surface area contributed by atoms with E-state index in [4.69, 9.17) is 9.47 Å². The zero-order valence-electron chi connectivity index (χ0n) is 14.4. The van der Waals surface area contributed by atoms with E-state index in [0.29, 0.717) is 5.56 Å². The Balaban J connectivity index is 2.24. The molecule has 0 spiro atoms. The normalized spacial score (nSPS) is 23.2. The van der Waals surface area contributed by atoms with E-state index in [-0.39, 0.29) is 31.7 Å². The van der Waals surface area contributed by atoms with Gasteiger partial charge in [0.05, 0.1) is 31.8 Å². The number of hydrogen-bond donors (Lipinski definition) is 1. The number of benzene rings is 1. The van der Waals surface area contributed by atoms with E-state index in [1.54, 1.807) is 18.2 Å². The fourth-order valence-electron chi connectivity index (χ4n) is 2.78. The Hall–Kier alpha value is -1.00. The Bertz CT molecular complexity index is 702. The second-order valence-corrected chi connectivity index (χ2v) is 8.70. The molecule has 2 rings (SSSR count). The Morgan fingerprint density at radius 1 is 1.40 bits per heavy atom. The number of esters is 1. The van der Waals surface area contributed by atoms with E-state index >= 15 is 0 Å². The van der Waals surface area contributed by atoms with Crippen LogP contribution in [0.5, 0.6) is 0 Å². The second-order valence-electron chi connectivity index (χ2n) is 6.09. The number of morpholine rings is 1. The van der Waals surface area contributed by atoms with Gasteiger partial charge in [0.15, 0.2) is 0 Å². The van der Waals surface area contributed by atoms with Crippen molar-refractivity contribution < 1.29 is 22.7 Å². The maximum Gasteiger partial charge on any atom is 0.307 e. The third-order valence-corrected chi connectivity index (χ3v) is 5.92. The maximum atomic E-state index is 12.8. The van der Waals surface area contributed by atoms with Crippen molar-refractivity contribution in [1.82, 2.24) is 9.03 Å². The lowest BCUT2D eigenvalue weighted by Gasteiger charge is -2.35. The van der Waals surface area contributed by atoms with E-state index in [0.717, 1.165) is 4.47 Å². The summed E-state index contributed by atoms with van der Waals surface area (Å²) in [7, 11) is -2.51. The van der Waals surface area contributed by atoms with Gasteiger partial charge in [-0.05, 0) is 31.5 Å². The number of nitrogens with zero attached hydrogens (tertiary/aromatic N) is 1. The fraction of sp³-hybridized carbons (Fsp3) is 0.562. The highest BCUT2D eigenvalue weighted by atomic mass is 79.9. The molecular formula is C16H23BrN2O5S. The van der Waals surface area contributed by atoms with Crippen molar-refractivity contribution in [3.63, 3.8) is 0 Å². The zero-order chi connectivity index (χ0) is 18.6. The van der Waals surface area contributed by atoms with Crippen molar-refractivity contribution in [2.75, 3.05) is 20.2 Å². The molecule has 1 saturated heterocycles. The summed E-state index contributed by atoms with van der Waals surface area (Å²) < 4.78 is 40.7. The molecule has 0 aliphatic carbocycles. The molecule has 1 heterocycles. The lowest BCUT2D eigenvalue weighted by atomic mass is 10.1. The van der Waals surface area contributed by atoms with Crippen molar-refractivity contribution in [2.24, 2.45) is 0 Å². The number of carbonyl (C=O) groups is 1. The van der Waals surface area contributed by atoms with Crippen LogP contribution in [-0.4, -0.2) is 51.1 Å². The maximum absolute atomic E-state index is 12.8. The summed E-state index contributed by atoms with van der Waals surface area (Å²) in [5.74, 6) is -0.489. The first-order valence-electron chi connectivity index (χ1n) is 7.96. The van der Waals surface area contributed by atoms with Crippen molar-refractivity contribution in [2.45, 2.75) is 38.5 Å². The van der Waals surface area contributed by atoms with Crippen LogP contribution < -0.4 is 4.72 Å². The molecule has 0 aromatic heterocycles. The van der Waals surface area contributed by atoms with Crippen LogP contribution in [0, 0.1) is 0 Å². The predicted molar refractivity (Wildman–Crippen MR) is 97.2 cm³/mol. The van der Waals surface area contributed by atoms with Gasteiger partial charge in [-0.1, -0.05) is 28.1 Å². The van der Waals surface area contributed by atoms with Gasteiger partial charge in [-0.15, -0.1) is 0 Å². The standard InChI is InChI=1S/C16H23BrN2O5S/c1-11-9-19(10-12(2)24-11)25(21,22)18-15(8-16(20)23-3)13-5-4-6-14(17)7-13/h4-7,11-12,15,18H,8-10H2,1-3H3. The van der Waals surface area contributed by atoms with E-state index in [1.807, 2.05) is 19.9 Å². The summed E-state index contributed by atoms with van der Waals surface area (Å²) in [5.41, 5.74) is 0.678. The molecule has 0 radical (unpaired) electrons. The second kappa shape index (κ2) is 8.59. The third kappa shape index (κ3) is 5.75. The summed E-state index contributed by atoms with van der Waals surface area (Å²) in [6.45, 7) is 4.20. The molecule has 7 nitrogen and oxygen atoms in total. The molecule has 0 bridgehead atoms. The van der Waals surface area contributed by atoms with Gasteiger partial charge in [0.2, 0.25) is 0 Å². The molecule has 1 aromatic carbocycles. The van der Waals surface area contributed by atoms with Gasteiger partial charge in [-0.3, -0.25) is 4.79 Å². The smallest absolute Gasteiger partial charge is 0.307 e. The zero-order valence-corrected chi connectivity index (χ0v) is 16.8. The molecule has 1 N–H and O–H groups in total. The molecule has 1 aromatic rings. The molecule has 0 amide bonds. The number of halogens is 1. The summed E-state index contributed by atoms with van der Waals surface area (Å²) in [4.78, 5) is 11.7. The van der Waals surface area contributed by atoms with Gasteiger partial charge < -0.3 is 9.47 Å². The average molecular weight is 435 g/mol. The molecule has 1 aliphatic rings. The number of methoxy groups -OCH3 is 1. The van der Waals surface area contributed by atoms with Crippen LogP contribution >= 0.6 is 15.9 Å². The Morgan fingerprint density at radius 3 is 2.60 bits per heavy atom. The van der Waals surface area contributed by atoms with Crippen LogP contribution in [0.15, 0.2) is 28.7 Å². The molecule has 3 unspecified atom stereocenters. The highest BCUT2D eigenvalue weighted by Gasteiger charge is 2.33. The van der Waals surface area contributed by atoms with Crippen molar-refractivity contribution in [3.8, 4) is 0 Å². The Morgan fingerprint density at radius 2 is 2.04 bits per heavy atom. The molecule has 1 aliphatic heterocycles. The SMILES string of the molecule is COC(=O)CC(NS(=O)(=O)N1CC(C)OC(C)C1)c1cccc(Br)c1. The van der Waals surface area contributed by atoms with Gasteiger partial charge in [0, 0.05) is 17.6 Å². The number of carbonyl (C=O) groups excluding carboxylic acids is 1. The minimum absolute atomic E-state index is 0.0956. The van der Waals surface area contributed by atoms with Gasteiger partial charge >= 0.3 is 5.97 Å². The van der Waals surface area contributed by atoms with E-state index in [2.05, 4.69) is 20.7 Å². The molecule has 1 fully saturated rings. The minimum atomic E-state index is -3.78. The number of hydrogen-bond acceptors (Lipinski definition) is 5. The molecular weight excluding hydrogens is 412 g/mol. The summed E-state index contributed by atoms with van der Waals surface area (Å²) in [5, 5.41) is 0. The predicted octanol–water partition coefficient (Wildman–Crippen LogP) is 2.00. The Kier molecular flexibility index (Phi) is 6.98. The van der Waals surface area contributed by atoms with E-state index < -0.39 is 22.2 Å². The van der Waals surface area contributed by atoms with Gasteiger partial charge in [0.1, 0.15) is 0 Å². The monoisotopic (exact) mass is 434 g/mol. The highest BCUT2D eigenvalue weighted by Crippen LogP contribution is 2.24. The van der Waals surface area contributed by atoms with Crippen molar-refractivity contribution in [3.05, 3.63) is 34.3 Å². The van der Waals surface area contributed by atoms with Crippen LogP contribution in [-0.2, 0) is 24.5 Å². The van der Waals surface area contributed by atoms with Crippen LogP contribution in [0.4, 0.5) is 0 Å². The van der Waals surface area contributed by atoms with Crippen LogP contribution in [0.3, 0.4) is 0 Å². The number of rotatable bonds is 6. The van der Waals surface area contributed by atoms with Gasteiger partial charge in [-0.25, -0.2) is 0 Å². The summed E-state index contributed by atoms with van der Waals surface area (Å²) in [6.07, 6.45) is -0.475. The highest BCUT2D eigenvalue weighted by molar-refractivity contribution is 9.10. The van der Waals surface area contributed by atoms with Crippen molar-refractivity contribution in [1.29, 1.82) is 0 Å². The summed E-state index contributed by atoms with van der Waals surface area (Å²) >= 11 is 3.37. The van der Waals surface area contributed by atoms with Crippen LogP contribution in [0.25, 0.3) is 0 Å². The largest absolute Gasteiger partial charge is 0.469 e. The van der Waals surface area contributed by atoms with E-state index in [9.17, 15) is 13.2 Å². The number of ether oxygens (including phenoxy) is 2. The quantitative estimate of drug-likeness (QED) is 0.691. The van der Waals surface area contributed by atoms with Gasteiger partial charge in [-0.2, -0.15) is 17.4 Å². The van der Waals surface area contributed by atoms with Crippen LogP contribution in [0.2, 0.25) is 0 Å². The first-order chi connectivity index (χ1) is 11.7. The average Bonchev–Trinajstić information content (AvgIpc) is 2.53. The summed E-state index contributed by atoms with van der Waals surface area (Å²) in [6, 6.07) is 6.45. The topological polar surface area (TPSA) is 84.9 Å². The fourth-order valence-corrected chi connectivity index (χ4v) is 4.74. The lowest BCUT2D eigenvalue weighted by Crippen LogP contribution is -2.52. The Labute approximate surface area is 157 Å². The third-order valence-electron chi connectivity index (χ3n) is 3.87.